The van der Waals surface area contributed by atoms with Gasteiger partial charge in [-0.15, -0.1) is 0 Å². The average molecular weight is 290 g/mol. The van der Waals surface area contributed by atoms with Crippen LogP contribution in [0.3, 0.4) is 0 Å². The molecule has 112 valence electrons. The van der Waals surface area contributed by atoms with E-state index in [1.165, 1.54) is 0 Å². The molecule has 0 aliphatic heterocycles. The molecule has 0 bridgehead atoms. The maximum absolute atomic E-state index is 11.9. The average Bonchev–Trinajstić information content (AvgIpc) is 2.38. The highest BCUT2D eigenvalue weighted by molar-refractivity contribution is 7.98. The van der Waals surface area contributed by atoms with Crippen LogP contribution in [0.1, 0.15) is 33.1 Å². The lowest BCUT2D eigenvalue weighted by molar-refractivity contribution is -0.137. The second-order valence-electron chi connectivity index (χ2n) is 4.97. The second-order valence-corrected chi connectivity index (χ2v) is 5.95. The molecule has 0 radical (unpaired) electrons. The van der Waals surface area contributed by atoms with Crippen molar-refractivity contribution in [2.75, 3.05) is 25.6 Å². The fourth-order valence-corrected chi connectivity index (χ4v) is 2.12. The van der Waals surface area contributed by atoms with Gasteiger partial charge in [-0.05, 0) is 37.7 Å². The Bertz CT molecular complexity index is 287. The molecular weight excluding hydrogens is 264 g/mol. The molecule has 19 heavy (non-hydrogen) atoms. The topological polar surface area (TPSA) is 69.6 Å². The molecule has 0 aromatic carbocycles. The summed E-state index contributed by atoms with van der Waals surface area (Å²) in [5.41, 5.74) is 0. The van der Waals surface area contributed by atoms with Gasteiger partial charge in [0.15, 0.2) is 0 Å². The molecule has 0 saturated heterocycles. The van der Waals surface area contributed by atoms with Gasteiger partial charge in [-0.25, -0.2) is 4.79 Å². The van der Waals surface area contributed by atoms with E-state index in [2.05, 4.69) is 11.6 Å². The van der Waals surface area contributed by atoms with Gasteiger partial charge in [0.2, 0.25) is 0 Å². The molecule has 6 heteroatoms. The van der Waals surface area contributed by atoms with Crippen LogP contribution in [0, 0.1) is 5.92 Å². The molecule has 0 aliphatic carbocycles. The highest BCUT2D eigenvalue weighted by Crippen LogP contribution is 2.07. The fourth-order valence-electron chi connectivity index (χ4n) is 1.54. The summed E-state index contributed by atoms with van der Waals surface area (Å²) >= 11 is 1.77. The monoisotopic (exact) mass is 290 g/mol. The number of hydrogen-bond acceptors (Lipinski definition) is 3. The Labute approximate surface area is 120 Å². The molecule has 0 spiro atoms. The van der Waals surface area contributed by atoms with Gasteiger partial charge >= 0.3 is 12.0 Å². The van der Waals surface area contributed by atoms with Crippen molar-refractivity contribution in [3.8, 4) is 0 Å². The Morgan fingerprint density at radius 2 is 1.95 bits per heavy atom. The Kier molecular flexibility index (Phi) is 9.47. The predicted molar refractivity (Wildman–Crippen MR) is 79.7 cm³/mol. The zero-order valence-electron chi connectivity index (χ0n) is 12.3. The van der Waals surface area contributed by atoms with Crippen LogP contribution in [0.5, 0.6) is 0 Å². The number of carbonyl (C=O) groups excluding carboxylic acids is 1. The van der Waals surface area contributed by atoms with Crippen LogP contribution in [0.4, 0.5) is 4.79 Å². The molecule has 2 amide bonds. The lowest BCUT2D eigenvalue weighted by Gasteiger charge is -2.25. The summed E-state index contributed by atoms with van der Waals surface area (Å²) in [6, 6.07) is 0.123. The summed E-state index contributed by atoms with van der Waals surface area (Å²) in [7, 11) is 1.79. The van der Waals surface area contributed by atoms with Gasteiger partial charge in [-0.3, -0.25) is 4.79 Å². The van der Waals surface area contributed by atoms with E-state index in [-0.39, 0.29) is 24.4 Å². The van der Waals surface area contributed by atoms with E-state index in [9.17, 15) is 9.59 Å². The van der Waals surface area contributed by atoms with Crippen molar-refractivity contribution >= 4 is 23.8 Å². The number of aliphatic carboxylic acids is 1. The third-order valence-corrected chi connectivity index (χ3v) is 3.82. The largest absolute Gasteiger partial charge is 0.481 e. The number of nitrogens with zero attached hydrogens (tertiary/aromatic N) is 1. The second kappa shape index (κ2) is 9.95. The molecular formula is C13H26N2O3S. The normalized spacial score (nSPS) is 13.7. The van der Waals surface area contributed by atoms with E-state index < -0.39 is 5.97 Å². The molecule has 0 saturated carbocycles. The zero-order chi connectivity index (χ0) is 14.8. The SMILES string of the molecule is CSCCC(C)N(C)C(=O)NCC(C)CCC(=O)O. The van der Waals surface area contributed by atoms with Crippen molar-refractivity contribution in [3.05, 3.63) is 0 Å². The summed E-state index contributed by atoms with van der Waals surface area (Å²) in [5, 5.41) is 11.4. The van der Waals surface area contributed by atoms with E-state index in [4.69, 9.17) is 5.11 Å². The number of carbonyl (C=O) groups is 2. The summed E-state index contributed by atoms with van der Waals surface area (Å²) in [6.45, 7) is 4.50. The molecule has 0 aliphatic rings. The molecule has 0 aromatic heterocycles. The number of amides is 2. The highest BCUT2D eigenvalue weighted by Gasteiger charge is 2.15. The highest BCUT2D eigenvalue weighted by atomic mass is 32.2. The first-order valence-corrected chi connectivity index (χ1v) is 7.99. The van der Waals surface area contributed by atoms with E-state index in [0.717, 1.165) is 12.2 Å². The third kappa shape index (κ3) is 8.75. The summed E-state index contributed by atoms with van der Waals surface area (Å²) in [5.74, 6) is 0.421. The Morgan fingerprint density at radius 3 is 2.47 bits per heavy atom. The molecule has 0 heterocycles. The first-order chi connectivity index (χ1) is 8.88. The number of thioether (sulfide) groups is 1. The van der Waals surface area contributed by atoms with Crippen LogP contribution in [-0.2, 0) is 4.79 Å². The van der Waals surface area contributed by atoms with Gasteiger partial charge in [0.05, 0.1) is 0 Å². The van der Waals surface area contributed by atoms with Crippen molar-refractivity contribution in [1.82, 2.24) is 10.2 Å². The molecule has 5 nitrogen and oxygen atoms in total. The van der Waals surface area contributed by atoms with Crippen LogP contribution in [-0.4, -0.2) is 53.6 Å². The minimum absolute atomic E-state index is 0.0872. The quantitative estimate of drug-likeness (QED) is 0.683. The molecule has 0 rings (SSSR count). The van der Waals surface area contributed by atoms with E-state index in [1.54, 1.807) is 23.7 Å². The molecule has 2 atom stereocenters. The van der Waals surface area contributed by atoms with Crippen molar-refractivity contribution in [2.45, 2.75) is 39.2 Å². The number of hydrogen-bond donors (Lipinski definition) is 2. The Morgan fingerprint density at radius 1 is 1.32 bits per heavy atom. The minimum atomic E-state index is -0.791. The van der Waals surface area contributed by atoms with Crippen LogP contribution in [0.2, 0.25) is 0 Å². The van der Waals surface area contributed by atoms with E-state index >= 15 is 0 Å². The number of carboxylic acid groups (broad SMARTS) is 1. The number of urea groups is 1. The Hall–Kier alpha value is -0.910. The van der Waals surface area contributed by atoms with E-state index in [0.29, 0.717) is 13.0 Å². The summed E-state index contributed by atoms with van der Waals surface area (Å²) in [6.07, 6.45) is 3.76. The number of nitrogens with one attached hydrogen (secondary N) is 1. The summed E-state index contributed by atoms with van der Waals surface area (Å²) < 4.78 is 0. The maximum atomic E-state index is 11.9. The van der Waals surface area contributed by atoms with Gasteiger partial charge in [-0.2, -0.15) is 11.8 Å². The van der Waals surface area contributed by atoms with Gasteiger partial charge < -0.3 is 15.3 Å². The lowest BCUT2D eigenvalue weighted by atomic mass is 10.1. The van der Waals surface area contributed by atoms with Crippen LogP contribution in [0.15, 0.2) is 0 Å². The maximum Gasteiger partial charge on any atom is 0.317 e. The number of rotatable bonds is 9. The van der Waals surface area contributed by atoms with Crippen LogP contribution >= 0.6 is 11.8 Å². The van der Waals surface area contributed by atoms with Gasteiger partial charge in [0.1, 0.15) is 0 Å². The van der Waals surface area contributed by atoms with Gasteiger partial charge in [0, 0.05) is 26.1 Å². The van der Waals surface area contributed by atoms with Crippen molar-refractivity contribution in [2.24, 2.45) is 5.92 Å². The minimum Gasteiger partial charge on any atom is -0.481 e. The summed E-state index contributed by atoms with van der Waals surface area (Å²) in [4.78, 5) is 24.0. The molecule has 0 aromatic rings. The van der Waals surface area contributed by atoms with Crippen molar-refractivity contribution < 1.29 is 14.7 Å². The molecule has 2 N–H and O–H groups in total. The lowest BCUT2D eigenvalue weighted by Crippen LogP contribution is -2.43. The molecule has 2 unspecified atom stereocenters. The van der Waals surface area contributed by atoms with Crippen molar-refractivity contribution in [1.29, 1.82) is 0 Å². The smallest absolute Gasteiger partial charge is 0.317 e. The standard InChI is InChI=1S/C13H26N2O3S/c1-10(5-6-12(16)17)9-14-13(18)15(3)11(2)7-8-19-4/h10-11H,5-9H2,1-4H3,(H,14,18)(H,16,17). The Balaban J connectivity index is 3.92. The van der Waals surface area contributed by atoms with Crippen molar-refractivity contribution in [3.63, 3.8) is 0 Å². The van der Waals surface area contributed by atoms with Gasteiger partial charge in [0.25, 0.3) is 0 Å². The van der Waals surface area contributed by atoms with E-state index in [1.807, 2.05) is 13.8 Å². The number of carboxylic acids is 1. The zero-order valence-corrected chi connectivity index (χ0v) is 13.1. The van der Waals surface area contributed by atoms with Crippen LogP contribution < -0.4 is 5.32 Å². The first kappa shape index (κ1) is 18.1. The first-order valence-electron chi connectivity index (χ1n) is 6.59. The van der Waals surface area contributed by atoms with Crippen LogP contribution in [0.25, 0.3) is 0 Å². The molecule has 0 fully saturated rings. The third-order valence-electron chi connectivity index (χ3n) is 3.17. The van der Waals surface area contributed by atoms with Gasteiger partial charge in [-0.1, -0.05) is 6.92 Å². The predicted octanol–water partition coefficient (Wildman–Crippen LogP) is 2.27. The fraction of sp³-hybridized carbons (Fsp3) is 0.846.